The van der Waals surface area contributed by atoms with E-state index in [2.05, 4.69) is 15.4 Å². The Bertz CT molecular complexity index is 1070. The number of carbonyl (C=O) groups excluding carboxylic acids is 1. The van der Waals surface area contributed by atoms with Gasteiger partial charge in [-0.25, -0.2) is 26.8 Å². The SMILES string of the molecule is CN(CCCC(=O)Nc1cccnc1-n1cccn1)S(=O)(=O)c1ccc(F)cc1. The van der Waals surface area contributed by atoms with Gasteiger partial charge in [-0.2, -0.15) is 5.10 Å². The van der Waals surface area contributed by atoms with Gasteiger partial charge in [-0.3, -0.25) is 4.79 Å². The van der Waals surface area contributed by atoms with Gasteiger partial charge in [-0.05, 0) is 48.9 Å². The van der Waals surface area contributed by atoms with E-state index in [9.17, 15) is 17.6 Å². The van der Waals surface area contributed by atoms with Gasteiger partial charge in [-0.15, -0.1) is 0 Å². The molecule has 0 spiro atoms. The fraction of sp³-hybridized carbons (Fsp3) is 0.211. The first-order valence-electron chi connectivity index (χ1n) is 8.85. The largest absolute Gasteiger partial charge is 0.323 e. The summed E-state index contributed by atoms with van der Waals surface area (Å²) in [4.78, 5) is 16.5. The van der Waals surface area contributed by atoms with Gasteiger partial charge >= 0.3 is 0 Å². The maximum absolute atomic E-state index is 13.0. The van der Waals surface area contributed by atoms with E-state index in [1.54, 1.807) is 41.5 Å². The zero-order chi connectivity index (χ0) is 20.9. The van der Waals surface area contributed by atoms with Crippen LogP contribution < -0.4 is 5.32 Å². The summed E-state index contributed by atoms with van der Waals surface area (Å²) in [5.41, 5.74) is 0.508. The molecule has 3 rings (SSSR count). The third-order valence-corrected chi connectivity index (χ3v) is 6.05. The molecular weight excluding hydrogens is 397 g/mol. The molecule has 0 aliphatic carbocycles. The molecule has 2 aromatic heterocycles. The van der Waals surface area contributed by atoms with Crippen LogP contribution in [0.2, 0.25) is 0 Å². The van der Waals surface area contributed by atoms with Gasteiger partial charge < -0.3 is 5.32 Å². The third kappa shape index (κ3) is 5.04. The maximum Gasteiger partial charge on any atom is 0.242 e. The fourth-order valence-electron chi connectivity index (χ4n) is 2.65. The number of rotatable bonds is 8. The van der Waals surface area contributed by atoms with Crippen molar-refractivity contribution in [1.29, 1.82) is 0 Å². The zero-order valence-electron chi connectivity index (χ0n) is 15.7. The lowest BCUT2D eigenvalue weighted by Gasteiger charge is -2.17. The van der Waals surface area contributed by atoms with Crippen molar-refractivity contribution in [1.82, 2.24) is 19.1 Å². The summed E-state index contributed by atoms with van der Waals surface area (Å²) in [5, 5.41) is 6.88. The first-order valence-corrected chi connectivity index (χ1v) is 10.3. The Labute approximate surface area is 168 Å². The van der Waals surface area contributed by atoms with Gasteiger partial charge in [0.1, 0.15) is 5.82 Å². The van der Waals surface area contributed by atoms with Crippen LogP contribution >= 0.6 is 0 Å². The summed E-state index contributed by atoms with van der Waals surface area (Å²) in [6.45, 7) is 0.145. The van der Waals surface area contributed by atoms with Crippen LogP contribution in [0, 0.1) is 5.82 Å². The van der Waals surface area contributed by atoms with E-state index >= 15 is 0 Å². The predicted octanol–water partition coefficient (Wildman–Crippen LogP) is 2.45. The number of amides is 1. The number of pyridine rings is 1. The Hall–Kier alpha value is -3.11. The van der Waals surface area contributed by atoms with Crippen LogP contribution in [-0.4, -0.2) is 47.0 Å². The molecule has 0 radical (unpaired) electrons. The van der Waals surface area contributed by atoms with E-state index in [0.717, 1.165) is 16.4 Å². The first kappa shape index (κ1) is 20.6. The number of hydrogen-bond acceptors (Lipinski definition) is 5. The maximum atomic E-state index is 13.0. The quantitative estimate of drug-likeness (QED) is 0.607. The molecule has 0 atom stereocenters. The molecule has 1 N–H and O–H groups in total. The third-order valence-electron chi connectivity index (χ3n) is 4.18. The fourth-order valence-corrected chi connectivity index (χ4v) is 3.86. The monoisotopic (exact) mass is 417 g/mol. The molecule has 10 heteroatoms. The molecule has 0 saturated heterocycles. The van der Waals surface area contributed by atoms with Crippen LogP contribution in [0.5, 0.6) is 0 Å². The zero-order valence-corrected chi connectivity index (χ0v) is 16.5. The Kier molecular flexibility index (Phi) is 6.35. The second kappa shape index (κ2) is 8.93. The molecule has 0 bridgehead atoms. The van der Waals surface area contributed by atoms with E-state index in [1.807, 2.05) is 0 Å². The lowest BCUT2D eigenvalue weighted by Crippen LogP contribution is -2.28. The van der Waals surface area contributed by atoms with Gasteiger partial charge in [-0.1, -0.05) is 0 Å². The van der Waals surface area contributed by atoms with Crippen LogP contribution in [0.15, 0.2) is 66.0 Å². The number of nitrogens with zero attached hydrogens (tertiary/aromatic N) is 4. The lowest BCUT2D eigenvalue weighted by atomic mass is 10.3. The van der Waals surface area contributed by atoms with Crippen LogP contribution in [0.4, 0.5) is 10.1 Å². The van der Waals surface area contributed by atoms with Gasteiger partial charge in [0, 0.05) is 38.6 Å². The molecule has 1 amide bonds. The van der Waals surface area contributed by atoms with Crippen molar-refractivity contribution in [2.45, 2.75) is 17.7 Å². The summed E-state index contributed by atoms with van der Waals surface area (Å²) in [6, 6.07) is 9.79. The van der Waals surface area contributed by atoms with Crippen LogP contribution in [0.3, 0.4) is 0 Å². The number of halogens is 1. The Morgan fingerprint density at radius 3 is 2.62 bits per heavy atom. The van der Waals surface area contributed by atoms with E-state index in [-0.39, 0.29) is 23.8 Å². The van der Waals surface area contributed by atoms with Crippen molar-refractivity contribution in [2.24, 2.45) is 0 Å². The number of sulfonamides is 1. The molecule has 1 aromatic carbocycles. The van der Waals surface area contributed by atoms with Gasteiger partial charge in [0.15, 0.2) is 5.82 Å². The summed E-state index contributed by atoms with van der Waals surface area (Å²) < 4.78 is 40.6. The van der Waals surface area contributed by atoms with Crippen molar-refractivity contribution in [3.05, 3.63) is 66.9 Å². The highest BCUT2D eigenvalue weighted by Gasteiger charge is 2.20. The summed E-state index contributed by atoms with van der Waals surface area (Å²) >= 11 is 0. The van der Waals surface area contributed by atoms with Crippen molar-refractivity contribution in [3.8, 4) is 5.82 Å². The summed E-state index contributed by atoms with van der Waals surface area (Å²) in [7, 11) is -2.31. The number of hydrogen-bond donors (Lipinski definition) is 1. The Morgan fingerprint density at radius 1 is 1.17 bits per heavy atom. The first-order chi connectivity index (χ1) is 13.9. The second-order valence-electron chi connectivity index (χ2n) is 6.26. The summed E-state index contributed by atoms with van der Waals surface area (Å²) in [5.74, 6) is -0.283. The summed E-state index contributed by atoms with van der Waals surface area (Å²) in [6.07, 6.45) is 5.36. The molecule has 0 saturated carbocycles. The van der Waals surface area contributed by atoms with E-state index in [4.69, 9.17) is 0 Å². The predicted molar refractivity (Wildman–Crippen MR) is 105 cm³/mol. The molecule has 0 fully saturated rings. The minimum absolute atomic E-state index is 0.00470. The van der Waals surface area contributed by atoms with Crippen molar-refractivity contribution in [3.63, 3.8) is 0 Å². The Balaban J connectivity index is 1.56. The highest BCUT2D eigenvalue weighted by molar-refractivity contribution is 7.89. The molecular formula is C19H20FN5O3S. The highest BCUT2D eigenvalue weighted by atomic mass is 32.2. The highest BCUT2D eigenvalue weighted by Crippen LogP contribution is 2.18. The molecule has 29 heavy (non-hydrogen) atoms. The molecule has 3 aromatic rings. The van der Waals surface area contributed by atoms with E-state index < -0.39 is 15.8 Å². The van der Waals surface area contributed by atoms with Gasteiger partial charge in [0.25, 0.3) is 0 Å². The molecule has 2 heterocycles. The van der Waals surface area contributed by atoms with Gasteiger partial charge in [0.2, 0.25) is 15.9 Å². The average molecular weight is 417 g/mol. The van der Waals surface area contributed by atoms with Crippen LogP contribution in [-0.2, 0) is 14.8 Å². The Morgan fingerprint density at radius 2 is 1.93 bits per heavy atom. The number of anilines is 1. The van der Waals surface area contributed by atoms with Crippen LogP contribution in [0.1, 0.15) is 12.8 Å². The number of carbonyl (C=O) groups is 1. The smallest absolute Gasteiger partial charge is 0.242 e. The average Bonchev–Trinajstić information content (AvgIpc) is 3.23. The van der Waals surface area contributed by atoms with E-state index in [1.165, 1.54) is 19.2 Å². The number of benzene rings is 1. The minimum atomic E-state index is -3.74. The normalized spacial score (nSPS) is 11.6. The molecule has 8 nitrogen and oxygen atoms in total. The standard InChI is InChI=1S/C19H20FN5O3S/c1-24(29(27,28)16-9-7-15(20)8-10-16)13-3-6-18(26)23-17-5-2-11-21-19(17)25-14-4-12-22-25/h2,4-5,7-12,14H,3,6,13H2,1H3,(H,23,26). The lowest BCUT2D eigenvalue weighted by molar-refractivity contribution is -0.116. The van der Waals surface area contributed by atoms with E-state index in [0.29, 0.717) is 17.9 Å². The molecule has 152 valence electrons. The van der Waals surface area contributed by atoms with Crippen molar-refractivity contribution < 1.29 is 17.6 Å². The second-order valence-corrected chi connectivity index (χ2v) is 8.30. The number of nitrogens with one attached hydrogen (secondary N) is 1. The van der Waals surface area contributed by atoms with Crippen molar-refractivity contribution in [2.75, 3.05) is 18.9 Å². The minimum Gasteiger partial charge on any atom is -0.323 e. The molecule has 0 unspecified atom stereocenters. The van der Waals surface area contributed by atoms with Crippen molar-refractivity contribution >= 4 is 21.6 Å². The molecule has 0 aliphatic rings. The topological polar surface area (TPSA) is 97.2 Å². The van der Waals surface area contributed by atoms with Crippen LogP contribution in [0.25, 0.3) is 5.82 Å². The van der Waals surface area contributed by atoms with Gasteiger partial charge in [0.05, 0.1) is 10.6 Å². The number of aromatic nitrogens is 3. The molecule has 0 aliphatic heterocycles.